The molecule has 0 bridgehead atoms. The Labute approximate surface area is 208 Å². The number of benzene rings is 3. The molecule has 1 N–H and O–H groups in total. The Bertz CT molecular complexity index is 1360. The van der Waals surface area contributed by atoms with Crippen LogP contribution in [0.2, 0.25) is 0 Å². The molecule has 0 aliphatic carbocycles. The Balaban J connectivity index is 1.27. The van der Waals surface area contributed by atoms with Gasteiger partial charge < -0.3 is 4.74 Å². The fourth-order valence-corrected chi connectivity index (χ4v) is 3.25. The molecule has 9 heteroatoms. The van der Waals surface area contributed by atoms with E-state index in [0.29, 0.717) is 17.1 Å². The van der Waals surface area contributed by atoms with Crippen LogP contribution < -0.4 is 10.2 Å². The SMILES string of the molecule is CC(C)(C)c1ccc(C(=O)Oc2ccc(C=NNC(=O)Cn3nnc(-c4ccccc4)n3)cc2)cc1. The van der Waals surface area contributed by atoms with Crippen molar-refractivity contribution in [2.75, 3.05) is 0 Å². The number of nitrogens with one attached hydrogen (secondary N) is 1. The molecule has 1 aromatic heterocycles. The highest BCUT2D eigenvalue weighted by Gasteiger charge is 2.15. The van der Waals surface area contributed by atoms with Crippen LogP contribution in [0.25, 0.3) is 11.4 Å². The maximum Gasteiger partial charge on any atom is 0.343 e. The zero-order valence-electron chi connectivity index (χ0n) is 20.3. The van der Waals surface area contributed by atoms with Crippen LogP contribution in [0.3, 0.4) is 0 Å². The second kappa shape index (κ2) is 10.7. The van der Waals surface area contributed by atoms with Crippen LogP contribution in [-0.2, 0) is 16.8 Å². The minimum absolute atomic E-state index is 0.0123. The van der Waals surface area contributed by atoms with Gasteiger partial charge in [0.05, 0.1) is 11.8 Å². The van der Waals surface area contributed by atoms with Crippen molar-refractivity contribution in [2.45, 2.75) is 32.7 Å². The fourth-order valence-electron chi connectivity index (χ4n) is 3.25. The van der Waals surface area contributed by atoms with Crippen LogP contribution in [0.5, 0.6) is 5.75 Å². The van der Waals surface area contributed by atoms with E-state index in [2.05, 4.69) is 46.7 Å². The molecule has 4 rings (SSSR count). The number of hydrogen-bond donors (Lipinski definition) is 1. The van der Waals surface area contributed by atoms with Crippen molar-refractivity contribution in [3.05, 3.63) is 95.6 Å². The number of tetrazole rings is 1. The first kappa shape index (κ1) is 24.5. The lowest BCUT2D eigenvalue weighted by atomic mass is 9.87. The van der Waals surface area contributed by atoms with Crippen LogP contribution in [0.1, 0.15) is 42.3 Å². The van der Waals surface area contributed by atoms with Crippen LogP contribution in [0, 0.1) is 0 Å². The summed E-state index contributed by atoms with van der Waals surface area (Å²) in [4.78, 5) is 25.8. The van der Waals surface area contributed by atoms with E-state index in [1.54, 1.807) is 36.4 Å². The smallest absolute Gasteiger partial charge is 0.343 e. The molecule has 36 heavy (non-hydrogen) atoms. The highest BCUT2D eigenvalue weighted by atomic mass is 16.5. The molecule has 182 valence electrons. The van der Waals surface area contributed by atoms with Gasteiger partial charge in [0.15, 0.2) is 0 Å². The number of rotatable bonds is 7. The van der Waals surface area contributed by atoms with Gasteiger partial charge >= 0.3 is 5.97 Å². The van der Waals surface area contributed by atoms with Gasteiger partial charge in [0.25, 0.3) is 5.91 Å². The molecule has 0 fully saturated rings. The molecule has 9 nitrogen and oxygen atoms in total. The Kier molecular flexibility index (Phi) is 7.29. The number of hydrogen-bond acceptors (Lipinski definition) is 7. The van der Waals surface area contributed by atoms with E-state index < -0.39 is 11.9 Å². The van der Waals surface area contributed by atoms with Gasteiger partial charge in [0, 0.05) is 5.56 Å². The lowest BCUT2D eigenvalue weighted by Gasteiger charge is -2.18. The molecule has 0 spiro atoms. The number of carbonyl (C=O) groups excluding carboxylic acids is 2. The summed E-state index contributed by atoms with van der Waals surface area (Å²) in [6.07, 6.45) is 1.49. The standard InChI is InChI=1S/C27H26N6O3/c1-27(2,3)22-13-11-21(12-14-22)26(35)36-23-15-9-19(10-16-23)17-28-29-24(34)18-33-31-25(30-32-33)20-7-5-4-6-8-20/h4-17H,18H2,1-3H3,(H,29,34). The molecule has 0 atom stereocenters. The van der Waals surface area contributed by atoms with Gasteiger partial charge in [-0.2, -0.15) is 9.90 Å². The summed E-state index contributed by atoms with van der Waals surface area (Å²) in [6.45, 7) is 6.23. The van der Waals surface area contributed by atoms with Crippen LogP contribution >= 0.6 is 0 Å². The van der Waals surface area contributed by atoms with Gasteiger partial charge in [0.2, 0.25) is 5.82 Å². The molecule has 0 unspecified atom stereocenters. The van der Waals surface area contributed by atoms with Crippen molar-refractivity contribution in [3.63, 3.8) is 0 Å². The maximum atomic E-state index is 12.4. The molecular formula is C27H26N6O3. The fraction of sp³-hybridized carbons (Fsp3) is 0.185. The largest absolute Gasteiger partial charge is 0.423 e. The third-order valence-corrected chi connectivity index (χ3v) is 5.25. The van der Waals surface area contributed by atoms with Crippen molar-refractivity contribution >= 4 is 18.1 Å². The van der Waals surface area contributed by atoms with Gasteiger partial charge in [0.1, 0.15) is 12.3 Å². The highest BCUT2D eigenvalue weighted by Crippen LogP contribution is 2.22. The molecular weight excluding hydrogens is 456 g/mol. The highest BCUT2D eigenvalue weighted by molar-refractivity contribution is 5.91. The second-order valence-corrected chi connectivity index (χ2v) is 9.09. The van der Waals surface area contributed by atoms with E-state index in [-0.39, 0.29) is 12.0 Å². The zero-order valence-corrected chi connectivity index (χ0v) is 20.3. The normalized spacial score (nSPS) is 11.4. The number of nitrogens with zero attached hydrogens (tertiary/aromatic N) is 5. The Morgan fingerprint density at radius 2 is 1.67 bits per heavy atom. The summed E-state index contributed by atoms with van der Waals surface area (Å²) in [5, 5.41) is 16.0. The van der Waals surface area contributed by atoms with E-state index in [1.165, 1.54) is 11.0 Å². The summed E-state index contributed by atoms with van der Waals surface area (Å²) in [5.41, 5.74) is 5.60. The van der Waals surface area contributed by atoms with E-state index in [0.717, 1.165) is 16.7 Å². The number of carbonyl (C=O) groups is 2. The Morgan fingerprint density at radius 3 is 2.33 bits per heavy atom. The van der Waals surface area contributed by atoms with Crippen molar-refractivity contribution in [3.8, 4) is 17.1 Å². The minimum atomic E-state index is -0.429. The first-order chi connectivity index (χ1) is 17.3. The van der Waals surface area contributed by atoms with Gasteiger partial charge in [-0.3, -0.25) is 4.79 Å². The van der Waals surface area contributed by atoms with Crippen molar-refractivity contribution in [1.82, 2.24) is 25.6 Å². The van der Waals surface area contributed by atoms with Crippen molar-refractivity contribution in [2.24, 2.45) is 5.10 Å². The zero-order chi connectivity index (χ0) is 25.5. The lowest BCUT2D eigenvalue weighted by Crippen LogP contribution is -2.24. The number of amides is 1. The number of aromatic nitrogens is 4. The first-order valence-electron chi connectivity index (χ1n) is 11.4. The summed E-state index contributed by atoms with van der Waals surface area (Å²) in [7, 11) is 0. The molecule has 4 aromatic rings. The average molecular weight is 483 g/mol. The van der Waals surface area contributed by atoms with E-state index in [4.69, 9.17) is 4.74 Å². The molecule has 0 radical (unpaired) electrons. The number of ether oxygens (including phenoxy) is 1. The molecule has 0 aliphatic heterocycles. The van der Waals surface area contributed by atoms with Gasteiger partial charge in [-0.1, -0.05) is 63.2 Å². The molecule has 1 amide bonds. The third kappa shape index (κ3) is 6.47. The maximum absolute atomic E-state index is 12.4. The van der Waals surface area contributed by atoms with E-state index in [1.807, 2.05) is 42.5 Å². The number of esters is 1. The first-order valence-corrected chi connectivity index (χ1v) is 11.4. The third-order valence-electron chi connectivity index (χ3n) is 5.25. The Hall–Kier alpha value is -4.66. The van der Waals surface area contributed by atoms with E-state index in [9.17, 15) is 9.59 Å². The monoisotopic (exact) mass is 482 g/mol. The predicted octanol–water partition coefficient (Wildman–Crippen LogP) is 4.01. The van der Waals surface area contributed by atoms with Crippen molar-refractivity contribution in [1.29, 1.82) is 0 Å². The van der Waals surface area contributed by atoms with Crippen LogP contribution in [0.4, 0.5) is 0 Å². The quantitative estimate of drug-likeness (QED) is 0.184. The molecule has 0 saturated heterocycles. The summed E-state index contributed by atoms with van der Waals surface area (Å²) < 4.78 is 5.45. The summed E-state index contributed by atoms with van der Waals surface area (Å²) in [6, 6.07) is 23.6. The predicted molar refractivity (Wildman–Crippen MR) is 136 cm³/mol. The van der Waals surface area contributed by atoms with Gasteiger partial charge in [-0.05, 0) is 58.2 Å². The van der Waals surface area contributed by atoms with Gasteiger partial charge in [-0.15, -0.1) is 10.2 Å². The van der Waals surface area contributed by atoms with Crippen molar-refractivity contribution < 1.29 is 14.3 Å². The van der Waals surface area contributed by atoms with E-state index >= 15 is 0 Å². The molecule has 0 saturated carbocycles. The van der Waals surface area contributed by atoms with Crippen LogP contribution in [-0.4, -0.2) is 38.3 Å². The molecule has 1 heterocycles. The topological polar surface area (TPSA) is 111 Å². The Morgan fingerprint density at radius 1 is 0.972 bits per heavy atom. The minimum Gasteiger partial charge on any atom is -0.423 e. The summed E-state index contributed by atoms with van der Waals surface area (Å²) >= 11 is 0. The molecule has 3 aromatic carbocycles. The van der Waals surface area contributed by atoms with Crippen LogP contribution in [0.15, 0.2) is 84.0 Å². The average Bonchev–Trinajstić information content (AvgIpc) is 3.33. The number of hydrazone groups is 1. The lowest BCUT2D eigenvalue weighted by molar-refractivity contribution is -0.122. The summed E-state index contributed by atoms with van der Waals surface area (Å²) in [5.74, 6) is 0.0229. The second-order valence-electron chi connectivity index (χ2n) is 9.09. The molecule has 0 aliphatic rings. The van der Waals surface area contributed by atoms with Gasteiger partial charge in [-0.25, -0.2) is 10.2 Å².